The molecular formula is C10H7NO4. The van der Waals surface area contributed by atoms with Crippen LogP contribution in [0.3, 0.4) is 0 Å². The Labute approximate surface area is 84.5 Å². The molecule has 1 aromatic carbocycles. The summed E-state index contributed by atoms with van der Waals surface area (Å²) in [6.45, 7) is 0.243. The van der Waals surface area contributed by atoms with Crippen molar-refractivity contribution in [1.29, 1.82) is 0 Å². The molecule has 15 heavy (non-hydrogen) atoms. The first-order valence-corrected chi connectivity index (χ1v) is 4.37. The first-order chi connectivity index (χ1) is 7.36. The molecule has 2 heterocycles. The molecule has 5 nitrogen and oxygen atoms in total. The average Bonchev–Trinajstić information content (AvgIpc) is 2.78. The van der Waals surface area contributed by atoms with E-state index in [-0.39, 0.29) is 6.79 Å². The molecule has 1 N–H and O–H groups in total. The molecule has 1 aliphatic heterocycles. The van der Waals surface area contributed by atoms with E-state index in [1.807, 2.05) is 6.07 Å². The summed E-state index contributed by atoms with van der Waals surface area (Å²) in [5.41, 5.74) is 0.675. The highest BCUT2D eigenvalue weighted by Crippen LogP contribution is 2.36. The number of fused-ring (bicyclic) bond motifs is 2. The molecule has 0 saturated carbocycles. The molecule has 0 amide bonds. The maximum atomic E-state index is 8.37. The number of benzene rings is 1. The van der Waals surface area contributed by atoms with Crippen molar-refractivity contribution in [1.82, 2.24) is 0 Å². The lowest BCUT2D eigenvalue weighted by atomic mass is 10.2. The van der Waals surface area contributed by atoms with E-state index < -0.39 is 0 Å². The van der Waals surface area contributed by atoms with Crippen LogP contribution in [-0.4, -0.2) is 18.2 Å². The van der Waals surface area contributed by atoms with Crippen molar-refractivity contribution >= 4 is 17.2 Å². The van der Waals surface area contributed by atoms with Gasteiger partial charge in [-0.3, -0.25) is 0 Å². The quantitative estimate of drug-likeness (QED) is 0.439. The largest absolute Gasteiger partial charge is 0.455 e. The van der Waals surface area contributed by atoms with Gasteiger partial charge in [0, 0.05) is 11.5 Å². The third-order valence-electron chi connectivity index (χ3n) is 2.22. The number of ether oxygens (including phenoxy) is 2. The predicted molar refractivity (Wildman–Crippen MR) is 51.7 cm³/mol. The maximum Gasteiger partial charge on any atom is 0.231 e. The van der Waals surface area contributed by atoms with Crippen LogP contribution in [0.5, 0.6) is 11.5 Å². The van der Waals surface area contributed by atoms with Crippen LogP contribution in [0.4, 0.5) is 0 Å². The van der Waals surface area contributed by atoms with Gasteiger partial charge in [0.2, 0.25) is 6.79 Å². The number of furan rings is 1. The van der Waals surface area contributed by atoms with Gasteiger partial charge in [-0.15, -0.1) is 0 Å². The van der Waals surface area contributed by atoms with Gasteiger partial charge in [-0.1, -0.05) is 5.16 Å². The fraction of sp³-hybridized carbons (Fsp3) is 0.100. The average molecular weight is 205 g/mol. The lowest BCUT2D eigenvalue weighted by Gasteiger charge is -1.93. The lowest BCUT2D eigenvalue weighted by Crippen LogP contribution is -1.92. The number of hydrogen-bond acceptors (Lipinski definition) is 5. The molecule has 1 aromatic heterocycles. The van der Waals surface area contributed by atoms with Gasteiger partial charge in [-0.05, 0) is 12.1 Å². The third-order valence-corrected chi connectivity index (χ3v) is 2.22. The van der Waals surface area contributed by atoms with Gasteiger partial charge >= 0.3 is 0 Å². The number of hydrogen-bond donors (Lipinski definition) is 1. The van der Waals surface area contributed by atoms with Gasteiger partial charge in [0.15, 0.2) is 11.5 Å². The minimum absolute atomic E-state index is 0.243. The van der Waals surface area contributed by atoms with Gasteiger partial charge in [0.1, 0.15) is 17.6 Å². The number of oxime groups is 1. The van der Waals surface area contributed by atoms with Gasteiger partial charge in [0.05, 0.1) is 0 Å². The van der Waals surface area contributed by atoms with Crippen LogP contribution in [0.15, 0.2) is 27.8 Å². The summed E-state index contributed by atoms with van der Waals surface area (Å²) in [6, 6.07) is 5.35. The zero-order valence-electron chi connectivity index (χ0n) is 7.64. The summed E-state index contributed by atoms with van der Waals surface area (Å²) in [6.07, 6.45) is 1.23. The standard InChI is InChI=1S/C10H7NO4/c12-11-4-7-1-6-2-9-10(14-5-13-9)3-8(6)15-7/h1-4,12H,5H2. The Kier molecular flexibility index (Phi) is 1.58. The van der Waals surface area contributed by atoms with Crippen LogP contribution in [-0.2, 0) is 0 Å². The van der Waals surface area contributed by atoms with E-state index in [2.05, 4.69) is 5.16 Å². The summed E-state index contributed by atoms with van der Waals surface area (Å²) >= 11 is 0. The van der Waals surface area contributed by atoms with Gasteiger partial charge in [-0.2, -0.15) is 0 Å². The van der Waals surface area contributed by atoms with Gasteiger partial charge < -0.3 is 19.1 Å². The smallest absolute Gasteiger partial charge is 0.231 e. The third kappa shape index (κ3) is 1.20. The monoisotopic (exact) mass is 205 g/mol. The highest BCUT2D eigenvalue weighted by atomic mass is 16.7. The normalized spacial score (nSPS) is 14.1. The molecule has 0 saturated heterocycles. The summed E-state index contributed by atoms with van der Waals surface area (Å²) in [5, 5.41) is 12.2. The van der Waals surface area contributed by atoms with E-state index in [0.29, 0.717) is 22.8 Å². The zero-order valence-corrected chi connectivity index (χ0v) is 7.64. The Morgan fingerprint density at radius 2 is 2.00 bits per heavy atom. The Morgan fingerprint density at radius 1 is 1.20 bits per heavy atom. The van der Waals surface area contributed by atoms with Gasteiger partial charge in [-0.25, -0.2) is 0 Å². The van der Waals surface area contributed by atoms with Crippen LogP contribution in [0.25, 0.3) is 11.0 Å². The van der Waals surface area contributed by atoms with Crippen molar-refractivity contribution in [2.45, 2.75) is 0 Å². The molecule has 3 rings (SSSR count). The van der Waals surface area contributed by atoms with E-state index in [4.69, 9.17) is 19.1 Å². The fourth-order valence-corrected chi connectivity index (χ4v) is 1.57. The maximum absolute atomic E-state index is 8.37. The molecule has 0 unspecified atom stereocenters. The highest BCUT2D eigenvalue weighted by molar-refractivity contribution is 5.88. The summed E-state index contributed by atoms with van der Waals surface area (Å²) in [5.74, 6) is 1.86. The molecule has 76 valence electrons. The molecule has 0 atom stereocenters. The second kappa shape index (κ2) is 2.91. The molecule has 5 heteroatoms. The van der Waals surface area contributed by atoms with Crippen molar-refractivity contribution in [2.75, 3.05) is 6.79 Å². The van der Waals surface area contributed by atoms with Crippen LogP contribution in [0.2, 0.25) is 0 Å². The molecule has 2 aromatic rings. The Hall–Kier alpha value is -2.17. The Bertz CT molecular complexity index is 503. The van der Waals surface area contributed by atoms with Crippen LogP contribution < -0.4 is 9.47 Å². The highest BCUT2D eigenvalue weighted by Gasteiger charge is 2.16. The first-order valence-electron chi connectivity index (χ1n) is 4.37. The van der Waals surface area contributed by atoms with Crippen molar-refractivity contribution in [2.24, 2.45) is 5.16 Å². The van der Waals surface area contributed by atoms with Crippen LogP contribution in [0.1, 0.15) is 5.76 Å². The molecule has 0 bridgehead atoms. The fourth-order valence-electron chi connectivity index (χ4n) is 1.57. The summed E-state index contributed by atoms with van der Waals surface area (Å²) < 4.78 is 15.8. The van der Waals surface area contributed by atoms with Crippen LogP contribution in [0, 0.1) is 0 Å². The van der Waals surface area contributed by atoms with E-state index >= 15 is 0 Å². The van der Waals surface area contributed by atoms with E-state index in [0.717, 1.165) is 5.39 Å². The minimum Gasteiger partial charge on any atom is -0.455 e. The molecular weight excluding hydrogens is 198 g/mol. The summed E-state index contributed by atoms with van der Waals surface area (Å²) in [4.78, 5) is 0. The van der Waals surface area contributed by atoms with Gasteiger partial charge in [0.25, 0.3) is 0 Å². The molecule has 1 aliphatic rings. The van der Waals surface area contributed by atoms with Crippen molar-refractivity contribution < 1.29 is 19.1 Å². The molecule has 0 aliphatic carbocycles. The number of rotatable bonds is 1. The molecule has 0 fully saturated rings. The first kappa shape index (κ1) is 8.16. The second-order valence-corrected chi connectivity index (χ2v) is 3.14. The lowest BCUT2D eigenvalue weighted by molar-refractivity contribution is 0.174. The minimum atomic E-state index is 0.243. The summed E-state index contributed by atoms with van der Waals surface area (Å²) in [7, 11) is 0. The topological polar surface area (TPSA) is 64.2 Å². The number of nitrogens with zero attached hydrogens (tertiary/aromatic N) is 1. The molecule has 0 spiro atoms. The van der Waals surface area contributed by atoms with Crippen molar-refractivity contribution in [3.63, 3.8) is 0 Å². The molecule has 0 radical (unpaired) electrons. The van der Waals surface area contributed by atoms with Crippen molar-refractivity contribution in [3.8, 4) is 11.5 Å². The predicted octanol–water partition coefficient (Wildman–Crippen LogP) is 1.97. The Morgan fingerprint density at radius 3 is 2.80 bits per heavy atom. The second-order valence-electron chi connectivity index (χ2n) is 3.14. The zero-order chi connectivity index (χ0) is 10.3. The van der Waals surface area contributed by atoms with E-state index in [9.17, 15) is 0 Å². The van der Waals surface area contributed by atoms with E-state index in [1.54, 1.807) is 12.1 Å². The van der Waals surface area contributed by atoms with Crippen molar-refractivity contribution in [3.05, 3.63) is 24.0 Å². The Balaban J connectivity index is 2.20. The van der Waals surface area contributed by atoms with E-state index in [1.165, 1.54) is 6.21 Å². The SMILES string of the molecule is ON=Cc1cc2cc3c(cc2o1)OCO3. The van der Waals surface area contributed by atoms with Crippen LogP contribution >= 0.6 is 0 Å².